The molecule has 0 bridgehead atoms. The Bertz CT molecular complexity index is 575. The highest BCUT2D eigenvalue weighted by molar-refractivity contribution is 7.71. The summed E-state index contributed by atoms with van der Waals surface area (Å²) in [6, 6.07) is 4.65. The SMILES string of the molecule is COCC(C)Cn1c(=S)[nH]c2cc(F)ccc21. The van der Waals surface area contributed by atoms with E-state index < -0.39 is 0 Å². The van der Waals surface area contributed by atoms with Crippen LogP contribution in [0.1, 0.15) is 6.92 Å². The summed E-state index contributed by atoms with van der Waals surface area (Å²) in [6.45, 7) is 3.53. The molecule has 17 heavy (non-hydrogen) atoms. The van der Waals surface area contributed by atoms with Crippen molar-refractivity contribution < 1.29 is 9.13 Å². The maximum absolute atomic E-state index is 13.1. The van der Waals surface area contributed by atoms with Gasteiger partial charge in [-0.05, 0) is 36.3 Å². The zero-order chi connectivity index (χ0) is 12.4. The Balaban J connectivity index is 2.40. The molecule has 1 unspecified atom stereocenters. The number of methoxy groups -OCH3 is 1. The van der Waals surface area contributed by atoms with Crippen molar-refractivity contribution in [3.63, 3.8) is 0 Å². The standard InChI is InChI=1S/C12H15FN2OS/c1-8(7-16-2)6-15-11-4-3-9(13)5-10(11)14-12(15)17/h3-5,8H,6-7H2,1-2H3,(H,14,17). The molecule has 0 aliphatic carbocycles. The lowest BCUT2D eigenvalue weighted by molar-refractivity contribution is 0.152. The molecule has 0 saturated carbocycles. The molecule has 2 aromatic rings. The van der Waals surface area contributed by atoms with E-state index in [9.17, 15) is 4.39 Å². The molecule has 0 saturated heterocycles. The summed E-state index contributed by atoms with van der Waals surface area (Å²) >= 11 is 5.24. The molecule has 0 aliphatic heterocycles. The number of imidazole rings is 1. The third-order valence-corrected chi connectivity index (χ3v) is 3.00. The van der Waals surface area contributed by atoms with E-state index in [1.165, 1.54) is 12.1 Å². The topological polar surface area (TPSA) is 29.9 Å². The fourth-order valence-electron chi connectivity index (χ4n) is 1.97. The number of aromatic nitrogens is 2. The predicted octanol–water partition coefficient (Wildman–Crippen LogP) is 3.12. The molecule has 1 aromatic carbocycles. The third-order valence-electron chi connectivity index (χ3n) is 2.68. The molecule has 1 aromatic heterocycles. The molecule has 3 nitrogen and oxygen atoms in total. The monoisotopic (exact) mass is 254 g/mol. The van der Waals surface area contributed by atoms with Crippen LogP contribution in [0.4, 0.5) is 4.39 Å². The molecule has 1 atom stereocenters. The largest absolute Gasteiger partial charge is 0.384 e. The Labute approximate surface area is 104 Å². The maximum atomic E-state index is 13.1. The van der Waals surface area contributed by atoms with Crippen LogP contribution in [-0.2, 0) is 11.3 Å². The molecule has 0 amide bonds. The number of halogens is 1. The summed E-state index contributed by atoms with van der Waals surface area (Å²) in [5, 5.41) is 0. The van der Waals surface area contributed by atoms with Crippen LogP contribution in [0.5, 0.6) is 0 Å². The fraction of sp³-hybridized carbons (Fsp3) is 0.417. The van der Waals surface area contributed by atoms with Gasteiger partial charge in [-0.1, -0.05) is 6.92 Å². The number of hydrogen-bond acceptors (Lipinski definition) is 2. The second-order valence-corrected chi connectivity index (χ2v) is 4.65. The third kappa shape index (κ3) is 2.56. The summed E-state index contributed by atoms with van der Waals surface area (Å²) in [7, 11) is 1.68. The van der Waals surface area contributed by atoms with Gasteiger partial charge in [-0.2, -0.15) is 0 Å². The van der Waals surface area contributed by atoms with E-state index in [0.717, 1.165) is 17.6 Å². The molecule has 5 heteroatoms. The van der Waals surface area contributed by atoms with Crippen molar-refractivity contribution in [1.82, 2.24) is 9.55 Å². The van der Waals surface area contributed by atoms with Crippen LogP contribution in [0.3, 0.4) is 0 Å². The van der Waals surface area contributed by atoms with Crippen molar-refractivity contribution in [1.29, 1.82) is 0 Å². The molecule has 0 aliphatic rings. The van der Waals surface area contributed by atoms with E-state index in [4.69, 9.17) is 17.0 Å². The van der Waals surface area contributed by atoms with Crippen molar-refractivity contribution in [2.45, 2.75) is 13.5 Å². The van der Waals surface area contributed by atoms with Crippen molar-refractivity contribution in [2.75, 3.05) is 13.7 Å². The Morgan fingerprint density at radius 2 is 2.29 bits per heavy atom. The summed E-state index contributed by atoms with van der Waals surface area (Å²) in [5.74, 6) is 0.0987. The predicted molar refractivity (Wildman–Crippen MR) is 68.1 cm³/mol. The molecule has 0 fully saturated rings. The normalized spacial score (nSPS) is 13.1. The number of nitrogens with zero attached hydrogens (tertiary/aromatic N) is 1. The van der Waals surface area contributed by atoms with Crippen LogP contribution in [0, 0.1) is 16.5 Å². The van der Waals surface area contributed by atoms with Gasteiger partial charge in [0.15, 0.2) is 4.77 Å². The lowest BCUT2D eigenvalue weighted by Crippen LogP contribution is -2.12. The van der Waals surface area contributed by atoms with Crippen LogP contribution >= 0.6 is 12.2 Å². The summed E-state index contributed by atoms with van der Waals surface area (Å²) in [6.07, 6.45) is 0. The zero-order valence-corrected chi connectivity index (χ0v) is 10.7. The van der Waals surface area contributed by atoms with Crippen LogP contribution in [0.2, 0.25) is 0 Å². The Morgan fingerprint density at radius 3 is 3.00 bits per heavy atom. The minimum absolute atomic E-state index is 0.258. The average Bonchev–Trinajstić information content (AvgIpc) is 2.55. The summed E-state index contributed by atoms with van der Waals surface area (Å²) in [5.41, 5.74) is 1.67. The number of hydrogen-bond donors (Lipinski definition) is 1. The Kier molecular flexibility index (Phi) is 3.59. The number of benzene rings is 1. The average molecular weight is 254 g/mol. The van der Waals surface area contributed by atoms with Crippen LogP contribution in [-0.4, -0.2) is 23.3 Å². The molecule has 0 radical (unpaired) electrons. The summed E-state index contributed by atoms with van der Waals surface area (Å²) < 4.78 is 20.8. The van der Waals surface area contributed by atoms with Crippen molar-refractivity contribution in [2.24, 2.45) is 5.92 Å². The highest BCUT2D eigenvalue weighted by Gasteiger charge is 2.09. The van der Waals surface area contributed by atoms with Crippen molar-refractivity contribution in [3.8, 4) is 0 Å². The van der Waals surface area contributed by atoms with Gasteiger partial charge < -0.3 is 14.3 Å². The van der Waals surface area contributed by atoms with E-state index in [1.54, 1.807) is 13.2 Å². The number of ether oxygens (including phenoxy) is 1. The minimum Gasteiger partial charge on any atom is -0.384 e. The molecule has 2 rings (SSSR count). The first kappa shape index (κ1) is 12.3. The highest BCUT2D eigenvalue weighted by atomic mass is 32.1. The first-order chi connectivity index (χ1) is 8.11. The van der Waals surface area contributed by atoms with Gasteiger partial charge >= 0.3 is 0 Å². The van der Waals surface area contributed by atoms with Crippen LogP contribution in [0.25, 0.3) is 11.0 Å². The number of rotatable bonds is 4. The number of aromatic amines is 1. The first-order valence-electron chi connectivity index (χ1n) is 5.49. The van der Waals surface area contributed by atoms with E-state index in [2.05, 4.69) is 11.9 Å². The maximum Gasteiger partial charge on any atom is 0.178 e. The number of nitrogens with one attached hydrogen (secondary N) is 1. The van der Waals surface area contributed by atoms with Gasteiger partial charge in [-0.15, -0.1) is 0 Å². The van der Waals surface area contributed by atoms with Gasteiger partial charge in [0.05, 0.1) is 17.6 Å². The van der Waals surface area contributed by atoms with Crippen LogP contribution < -0.4 is 0 Å². The second-order valence-electron chi connectivity index (χ2n) is 4.26. The molecular weight excluding hydrogens is 239 g/mol. The smallest absolute Gasteiger partial charge is 0.178 e. The molecule has 0 spiro atoms. The van der Waals surface area contributed by atoms with Gasteiger partial charge in [-0.3, -0.25) is 0 Å². The lowest BCUT2D eigenvalue weighted by atomic mass is 10.2. The molecule has 1 N–H and O–H groups in total. The number of H-pyrrole nitrogens is 1. The Hall–Kier alpha value is -1.20. The minimum atomic E-state index is -0.258. The second kappa shape index (κ2) is 4.98. The van der Waals surface area contributed by atoms with Gasteiger partial charge in [0.25, 0.3) is 0 Å². The molecule has 92 valence electrons. The highest BCUT2D eigenvalue weighted by Crippen LogP contribution is 2.17. The summed E-state index contributed by atoms with van der Waals surface area (Å²) in [4.78, 5) is 3.01. The van der Waals surface area contributed by atoms with E-state index >= 15 is 0 Å². The molecule has 1 heterocycles. The lowest BCUT2D eigenvalue weighted by Gasteiger charge is -2.11. The van der Waals surface area contributed by atoms with E-state index in [0.29, 0.717) is 17.3 Å². The van der Waals surface area contributed by atoms with E-state index in [-0.39, 0.29) is 5.82 Å². The van der Waals surface area contributed by atoms with Gasteiger partial charge in [0, 0.05) is 13.7 Å². The van der Waals surface area contributed by atoms with Crippen molar-refractivity contribution >= 4 is 23.3 Å². The van der Waals surface area contributed by atoms with E-state index in [1.807, 2.05) is 4.57 Å². The number of fused-ring (bicyclic) bond motifs is 1. The van der Waals surface area contributed by atoms with Crippen LogP contribution in [0.15, 0.2) is 18.2 Å². The van der Waals surface area contributed by atoms with Gasteiger partial charge in [-0.25, -0.2) is 4.39 Å². The Morgan fingerprint density at radius 1 is 1.53 bits per heavy atom. The quantitative estimate of drug-likeness (QED) is 0.850. The fourth-order valence-corrected chi connectivity index (χ4v) is 2.25. The van der Waals surface area contributed by atoms with Gasteiger partial charge in [0.2, 0.25) is 0 Å². The first-order valence-corrected chi connectivity index (χ1v) is 5.89. The van der Waals surface area contributed by atoms with Gasteiger partial charge in [0.1, 0.15) is 5.82 Å². The molecular formula is C12H15FN2OS. The van der Waals surface area contributed by atoms with Crippen molar-refractivity contribution in [3.05, 3.63) is 28.8 Å². The zero-order valence-electron chi connectivity index (χ0n) is 9.87.